The second-order valence-electron chi connectivity index (χ2n) is 4.87. The van der Waals surface area contributed by atoms with E-state index in [1.807, 2.05) is 6.08 Å². The molecule has 2 saturated heterocycles. The van der Waals surface area contributed by atoms with Crippen LogP contribution in [0.25, 0.3) is 0 Å². The summed E-state index contributed by atoms with van der Waals surface area (Å²) in [6.07, 6.45) is 11.3. The van der Waals surface area contributed by atoms with Gasteiger partial charge < -0.3 is 0 Å². The lowest BCUT2D eigenvalue weighted by Crippen LogP contribution is -2.41. The molecular formula is C13H23NO. The number of hydroxylamine groups is 2. The van der Waals surface area contributed by atoms with Crippen LogP contribution >= 0.6 is 0 Å². The number of hydrogen-bond acceptors (Lipinski definition) is 2. The second kappa shape index (κ2) is 5.13. The highest BCUT2D eigenvalue weighted by Gasteiger charge is 2.39. The third-order valence-electron chi connectivity index (χ3n) is 3.65. The van der Waals surface area contributed by atoms with Gasteiger partial charge in [-0.15, -0.1) is 6.58 Å². The lowest BCUT2D eigenvalue weighted by Gasteiger charge is -2.35. The van der Waals surface area contributed by atoms with Gasteiger partial charge in [-0.2, -0.15) is 5.06 Å². The Morgan fingerprint density at radius 3 is 3.07 bits per heavy atom. The normalized spacial score (nSPS) is 36.5. The van der Waals surface area contributed by atoms with E-state index < -0.39 is 0 Å². The fourth-order valence-electron chi connectivity index (χ4n) is 2.96. The van der Waals surface area contributed by atoms with E-state index in [-0.39, 0.29) is 0 Å². The SMILES string of the molecule is C=CC[C@@H]1CCC[C@@H]2C[C@H](CCC)ON12. The van der Waals surface area contributed by atoms with Crippen LogP contribution in [0.15, 0.2) is 12.7 Å². The highest BCUT2D eigenvalue weighted by atomic mass is 16.7. The van der Waals surface area contributed by atoms with Crippen molar-refractivity contribution in [3.8, 4) is 0 Å². The Labute approximate surface area is 93.2 Å². The van der Waals surface area contributed by atoms with Gasteiger partial charge in [0.25, 0.3) is 0 Å². The van der Waals surface area contributed by atoms with Crippen molar-refractivity contribution in [2.45, 2.75) is 70.1 Å². The average molecular weight is 209 g/mol. The summed E-state index contributed by atoms with van der Waals surface area (Å²) in [6.45, 7) is 6.08. The number of nitrogens with zero attached hydrogens (tertiary/aromatic N) is 1. The van der Waals surface area contributed by atoms with Crippen LogP contribution in [0.3, 0.4) is 0 Å². The molecule has 0 N–H and O–H groups in total. The Kier molecular flexibility index (Phi) is 3.81. The quantitative estimate of drug-likeness (QED) is 0.659. The van der Waals surface area contributed by atoms with Gasteiger partial charge in [-0.25, -0.2) is 0 Å². The Hall–Kier alpha value is -0.340. The average Bonchev–Trinajstić information content (AvgIpc) is 2.62. The molecule has 0 aromatic carbocycles. The van der Waals surface area contributed by atoms with Crippen molar-refractivity contribution in [1.29, 1.82) is 0 Å². The molecule has 2 heteroatoms. The van der Waals surface area contributed by atoms with E-state index in [9.17, 15) is 0 Å². The lowest BCUT2D eigenvalue weighted by molar-refractivity contribution is -0.200. The lowest BCUT2D eigenvalue weighted by atomic mass is 9.93. The van der Waals surface area contributed by atoms with Crippen molar-refractivity contribution in [2.75, 3.05) is 0 Å². The first-order valence-electron chi connectivity index (χ1n) is 6.41. The van der Waals surface area contributed by atoms with E-state index >= 15 is 0 Å². The predicted molar refractivity (Wildman–Crippen MR) is 62.5 cm³/mol. The van der Waals surface area contributed by atoms with E-state index in [0.717, 1.165) is 6.42 Å². The molecule has 0 aliphatic carbocycles. The van der Waals surface area contributed by atoms with Crippen LogP contribution in [-0.2, 0) is 4.84 Å². The highest BCUT2D eigenvalue weighted by molar-refractivity contribution is 4.89. The smallest absolute Gasteiger partial charge is 0.0809 e. The Morgan fingerprint density at radius 2 is 2.33 bits per heavy atom. The van der Waals surface area contributed by atoms with Crippen LogP contribution in [0.4, 0.5) is 0 Å². The van der Waals surface area contributed by atoms with Crippen molar-refractivity contribution in [1.82, 2.24) is 5.06 Å². The van der Waals surface area contributed by atoms with Crippen LogP contribution in [0.1, 0.15) is 51.9 Å². The largest absolute Gasteiger partial charge is 0.295 e. The summed E-state index contributed by atoms with van der Waals surface area (Å²) in [5, 5.41) is 2.30. The molecule has 0 unspecified atom stereocenters. The van der Waals surface area contributed by atoms with Crippen molar-refractivity contribution in [2.24, 2.45) is 0 Å². The highest BCUT2D eigenvalue weighted by Crippen LogP contribution is 2.35. The van der Waals surface area contributed by atoms with E-state index in [1.54, 1.807) is 0 Å². The van der Waals surface area contributed by atoms with Gasteiger partial charge in [0.1, 0.15) is 0 Å². The van der Waals surface area contributed by atoms with Gasteiger partial charge in [0.05, 0.1) is 6.10 Å². The number of rotatable bonds is 4. The first kappa shape index (κ1) is 11.2. The summed E-state index contributed by atoms with van der Waals surface area (Å²) in [5.41, 5.74) is 0. The molecule has 3 atom stereocenters. The Balaban J connectivity index is 1.94. The minimum atomic E-state index is 0.491. The third-order valence-corrected chi connectivity index (χ3v) is 3.65. The zero-order valence-corrected chi connectivity index (χ0v) is 9.82. The van der Waals surface area contributed by atoms with E-state index in [2.05, 4.69) is 18.6 Å². The molecule has 0 bridgehead atoms. The molecule has 2 rings (SSSR count). The van der Waals surface area contributed by atoms with E-state index in [1.165, 1.54) is 38.5 Å². The first-order valence-corrected chi connectivity index (χ1v) is 6.41. The molecule has 0 amide bonds. The van der Waals surface area contributed by atoms with Crippen molar-refractivity contribution >= 4 is 0 Å². The summed E-state index contributed by atoms with van der Waals surface area (Å²) in [5.74, 6) is 0. The fourth-order valence-corrected chi connectivity index (χ4v) is 2.96. The van der Waals surface area contributed by atoms with E-state index in [0.29, 0.717) is 18.2 Å². The van der Waals surface area contributed by atoms with Gasteiger partial charge in [0.2, 0.25) is 0 Å². The maximum Gasteiger partial charge on any atom is 0.0809 e. The molecule has 2 aliphatic heterocycles. The minimum absolute atomic E-state index is 0.491. The Bertz CT molecular complexity index is 217. The number of piperidine rings is 1. The van der Waals surface area contributed by atoms with Crippen LogP contribution in [-0.4, -0.2) is 23.3 Å². The minimum Gasteiger partial charge on any atom is -0.295 e. The van der Waals surface area contributed by atoms with Crippen LogP contribution in [0.5, 0.6) is 0 Å². The molecule has 2 nitrogen and oxygen atoms in total. The monoisotopic (exact) mass is 209 g/mol. The molecule has 15 heavy (non-hydrogen) atoms. The predicted octanol–water partition coefficient (Wildman–Crippen LogP) is 3.29. The summed E-state index contributed by atoms with van der Waals surface area (Å²) in [4.78, 5) is 6.06. The van der Waals surface area contributed by atoms with Gasteiger partial charge >= 0.3 is 0 Å². The molecular weight excluding hydrogens is 186 g/mol. The molecule has 0 spiro atoms. The zero-order valence-electron chi connectivity index (χ0n) is 9.82. The van der Waals surface area contributed by atoms with Gasteiger partial charge in [-0.1, -0.05) is 25.8 Å². The summed E-state index contributed by atoms with van der Waals surface area (Å²) in [6, 6.07) is 1.29. The fraction of sp³-hybridized carbons (Fsp3) is 0.846. The van der Waals surface area contributed by atoms with Crippen LogP contribution in [0.2, 0.25) is 0 Å². The molecule has 2 aliphatic rings. The third kappa shape index (κ3) is 2.43. The molecule has 0 radical (unpaired) electrons. The second-order valence-corrected chi connectivity index (χ2v) is 4.87. The molecule has 86 valence electrons. The number of fused-ring (bicyclic) bond motifs is 1. The molecule has 0 aromatic rings. The van der Waals surface area contributed by atoms with Crippen molar-refractivity contribution in [3.63, 3.8) is 0 Å². The van der Waals surface area contributed by atoms with Crippen molar-refractivity contribution in [3.05, 3.63) is 12.7 Å². The molecule has 0 aromatic heterocycles. The first-order chi connectivity index (χ1) is 7.35. The molecule has 0 saturated carbocycles. The summed E-state index contributed by atoms with van der Waals surface area (Å²) < 4.78 is 0. The van der Waals surface area contributed by atoms with Crippen LogP contribution < -0.4 is 0 Å². The molecule has 2 fully saturated rings. The van der Waals surface area contributed by atoms with E-state index in [4.69, 9.17) is 4.84 Å². The van der Waals surface area contributed by atoms with Gasteiger partial charge in [-0.05, 0) is 32.1 Å². The van der Waals surface area contributed by atoms with Gasteiger partial charge in [0, 0.05) is 12.1 Å². The van der Waals surface area contributed by atoms with Gasteiger partial charge in [-0.3, -0.25) is 4.84 Å². The van der Waals surface area contributed by atoms with Gasteiger partial charge in [0.15, 0.2) is 0 Å². The Morgan fingerprint density at radius 1 is 1.47 bits per heavy atom. The summed E-state index contributed by atoms with van der Waals surface area (Å²) >= 11 is 0. The number of hydrogen-bond donors (Lipinski definition) is 0. The summed E-state index contributed by atoms with van der Waals surface area (Å²) in [7, 11) is 0. The van der Waals surface area contributed by atoms with Crippen molar-refractivity contribution < 1.29 is 4.84 Å². The maximum absolute atomic E-state index is 6.06. The zero-order chi connectivity index (χ0) is 10.7. The van der Waals surface area contributed by atoms with Crippen LogP contribution in [0, 0.1) is 0 Å². The maximum atomic E-state index is 6.06. The standard InChI is InChI=1S/C13H23NO/c1-3-6-11-8-5-9-12-10-13(7-4-2)15-14(11)12/h3,11-13H,1,4-10H2,2H3/t11-,12-,13+/m1/s1. The topological polar surface area (TPSA) is 12.5 Å². The molecule has 2 heterocycles.